The predicted molar refractivity (Wildman–Crippen MR) is 121 cm³/mol. The van der Waals surface area contributed by atoms with Crippen molar-refractivity contribution in [2.75, 3.05) is 25.5 Å². The highest BCUT2D eigenvalue weighted by atomic mass is 16.5. The van der Waals surface area contributed by atoms with E-state index in [0.717, 1.165) is 29.6 Å². The maximum atomic E-state index is 13.3. The van der Waals surface area contributed by atoms with Crippen LogP contribution in [0.3, 0.4) is 0 Å². The molecule has 0 saturated carbocycles. The molecule has 1 aromatic carbocycles. The van der Waals surface area contributed by atoms with E-state index in [1.807, 2.05) is 47.9 Å². The molecule has 3 aromatic rings. The van der Waals surface area contributed by atoms with E-state index in [1.165, 1.54) is 7.11 Å². The Labute approximate surface area is 185 Å². The number of H-pyrrole nitrogens is 1. The number of aromatic amines is 1. The molecular formula is C24H26N4O4. The highest BCUT2D eigenvalue weighted by Crippen LogP contribution is 2.36. The number of hydrogen-bond donors (Lipinski definition) is 2. The van der Waals surface area contributed by atoms with Crippen LogP contribution in [0, 0.1) is 5.92 Å². The average Bonchev–Trinajstić information content (AvgIpc) is 3.17. The van der Waals surface area contributed by atoms with Gasteiger partial charge >= 0.3 is 5.97 Å². The number of hydrogen-bond acceptors (Lipinski definition) is 5. The molecule has 0 spiro atoms. The second-order valence-electron chi connectivity index (χ2n) is 8.73. The SMILES string of the molecule is COC(=O)c1[nH]c2ccccc2c1NC(=O)[C@@H](C)N1C[C@H]2C[C@@H](C1)c1cccc(=O)n1C2. The number of pyridine rings is 1. The van der Waals surface area contributed by atoms with Crippen LogP contribution in [-0.2, 0) is 16.1 Å². The molecule has 4 heterocycles. The van der Waals surface area contributed by atoms with Crippen molar-refractivity contribution in [1.29, 1.82) is 0 Å². The van der Waals surface area contributed by atoms with Crippen molar-refractivity contribution in [3.8, 4) is 0 Å². The van der Waals surface area contributed by atoms with Crippen molar-refractivity contribution < 1.29 is 14.3 Å². The number of methoxy groups -OCH3 is 1. The minimum absolute atomic E-state index is 0.0473. The van der Waals surface area contributed by atoms with Gasteiger partial charge in [-0.05, 0) is 31.4 Å². The summed E-state index contributed by atoms with van der Waals surface area (Å²) < 4.78 is 6.78. The maximum Gasteiger partial charge on any atom is 0.356 e. The number of carbonyl (C=O) groups excluding carboxylic acids is 2. The van der Waals surface area contributed by atoms with Gasteiger partial charge in [-0.1, -0.05) is 24.3 Å². The molecule has 2 aliphatic heterocycles. The van der Waals surface area contributed by atoms with E-state index >= 15 is 0 Å². The number of nitrogens with zero attached hydrogens (tertiary/aromatic N) is 2. The molecule has 2 aliphatic rings. The van der Waals surface area contributed by atoms with Crippen molar-refractivity contribution in [3.05, 3.63) is 64.2 Å². The Bertz CT molecular complexity index is 1260. The van der Waals surface area contributed by atoms with Crippen LogP contribution in [0.5, 0.6) is 0 Å². The number of rotatable bonds is 4. The number of aromatic nitrogens is 2. The number of piperidine rings is 1. The van der Waals surface area contributed by atoms with E-state index in [1.54, 1.807) is 6.07 Å². The number of nitrogens with one attached hydrogen (secondary N) is 2. The minimum Gasteiger partial charge on any atom is -0.464 e. The van der Waals surface area contributed by atoms with Crippen LogP contribution in [0.25, 0.3) is 10.9 Å². The number of para-hydroxylation sites is 1. The van der Waals surface area contributed by atoms with Gasteiger partial charge in [-0.15, -0.1) is 0 Å². The Balaban J connectivity index is 1.39. The first kappa shape index (κ1) is 20.5. The molecule has 166 valence electrons. The van der Waals surface area contributed by atoms with Crippen LogP contribution in [0.2, 0.25) is 0 Å². The van der Waals surface area contributed by atoms with Crippen LogP contribution < -0.4 is 10.9 Å². The molecule has 0 unspecified atom stereocenters. The first-order chi connectivity index (χ1) is 15.5. The van der Waals surface area contributed by atoms with Gasteiger partial charge in [0.2, 0.25) is 5.91 Å². The zero-order valence-electron chi connectivity index (χ0n) is 18.1. The zero-order chi connectivity index (χ0) is 22.4. The Morgan fingerprint density at radius 3 is 2.75 bits per heavy atom. The Kier molecular flexibility index (Phi) is 5.09. The van der Waals surface area contributed by atoms with Crippen molar-refractivity contribution >= 4 is 28.5 Å². The third-order valence-electron chi connectivity index (χ3n) is 6.78. The largest absolute Gasteiger partial charge is 0.464 e. The third kappa shape index (κ3) is 3.40. The molecule has 1 saturated heterocycles. The van der Waals surface area contributed by atoms with Gasteiger partial charge in [0.25, 0.3) is 5.56 Å². The molecule has 3 atom stereocenters. The lowest BCUT2D eigenvalue weighted by Crippen LogP contribution is -2.52. The van der Waals surface area contributed by atoms with Crippen molar-refractivity contribution in [1.82, 2.24) is 14.5 Å². The Hall–Kier alpha value is -3.39. The molecule has 0 radical (unpaired) electrons. The number of fused-ring (bicyclic) bond motifs is 5. The summed E-state index contributed by atoms with van der Waals surface area (Å²) in [6.07, 6.45) is 1.03. The van der Waals surface area contributed by atoms with Crippen molar-refractivity contribution in [3.63, 3.8) is 0 Å². The number of benzene rings is 1. The minimum atomic E-state index is -0.529. The van der Waals surface area contributed by atoms with Gasteiger partial charge in [0.1, 0.15) is 5.69 Å². The van der Waals surface area contributed by atoms with Gasteiger partial charge in [0.05, 0.1) is 18.8 Å². The van der Waals surface area contributed by atoms with Crippen molar-refractivity contribution in [2.24, 2.45) is 5.92 Å². The number of esters is 1. The molecule has 2 aromatic heterocycles. The maximum absolute atomic E-state index is 13.3. The topological polar surface area (TPSA) is 96.4 Å². The lowest BCUT2D eigenvalue weighted by atomic mass is 9.82. The number of ether oxygens (including phenoxy) is 1. The Morgan fingerprint density at radius 2 is 1.94 bits per heavy atom. The number of amides is 1. The number of anilines is 1. The molecule has 2 bridgehead atoms. The zero-order valence-corrected chi connectivity index (χ0v) is 18.1. The summed E-state index contributed by atoms with van der Waals surface area (Å²) in [6, 6.07) is 12.5. The standard InChI is InChI=1S/C24H26N4O4/c1-14(27-11-15-10-16(13-27)19-8-5-9-20(29)28(19)12-15)23(30)26-21-17-6-3-4-7-18(17)25-22(21)24(31)32-2/h3-9,14-16,25H,10-13H2,1-2H3,(H,26,30)/t14-,15-,16+/m1/s1. The lowest BCUT2D eigenvalue weighted by Gasteiger charge is -2.44. The van der Waals surface area contributed by atoms with E-state index in [2.05, 4.69) is 15.2 Å². The summed E-state index contributed by atoms with van der Waals surface area (Å²) in [5.74, 6) is -0.148. The van der Waals surface area contributed by atoms with Crippen molar-refractivity contribution in [2.45, 2.75) is 31.8 Å². The van der Waals surface area contributed by atoms with Gasteiger partial charge in [-0.25, -0.2) is 4.79 Å². The monoisotopic (exact) mass is 434 g/mol. The molecule has 0 aliphatic carbocycles. The van der Waals surface area contributed by atoms with Crippen LogP contribution in [0.1, 0.15) is 35.4 Å². The third-order valence-corrected chi connectivity index (χ3v) is 6.78. The second kappa shape index (κ2) is 7.94. The van der Waals surface area contributed by atoms with Gasteiger partial charge in [-0.3, -0.25) is 14.5 Å². The number of likely N-dealkylation sites (tertiary alicyclic amines) is 1. The van der Waals surface area contributed by atoms with Crippen LogP contribution in [0.4, 0.5) is 5.69 Å². The van der Waals surface area contributed by atoms with Gasteiger partial charge in [-0.2, -0.15) is 0 Å². The molecule has 2 N–H and O–H groups in total. The molecule has 1 fully saturated rings. The molecule has 1 amide bonds. The fourth-order valence-electron chi connectivity index (χ4n) is 5.17. The summed E-state index contributed by atoms with van der Waals surface area (Å²) in [5, 5.41) is 3.73. The highest BCUT2D eigenvalue weighted by Gasteiger charge is 2.37. The van der Waals surface area contributed by atoms with E-state index in [-0.39, 0.29) is 29.1 Å². The van der Waals surface area contributed by atoms with Gasteiger partial charge in [0, 0.05) is 48.2 Å². The molecule has 8 heteroatoms. The van der Waals surface area contributed by atoms with E-state index in [0.29, 0.717) is 24.7 Å². The number of carbonyl (C=O) groups is 2. The summed E-state index contributed by atoms with van der Waals surface area (Å²) in [7, 11) is 1.32. The fraction of sp³-hybridized carbons (Fsp3) is 0.375. The quantitative estimate of drug-likeness (QED) is 0.616. The molecule has 5 rings (SSSR count). The van der Waals surface area contributed by atoms with Crippen LogP contribution in [-0.4, -0.2) is 52.6 Å². The summed E-state index contributed by atoms with van der Waals surface area (Å²) in [5.41, 5.74) is 2.53. The highest BCUT2D eigenvalue weighted by molar-refractivity contribution is 6.11. The van der Waals surface area contributed by atoms with Crippen LogP contribution >= 0.6 is 0 Å². The van der Waals surface area contributed by atoms with Gasteiger partial charge in [0.15, 0.2) is 0 Å². The summed E-state index contributed by atoms with van der Waals surface area (Å²) >= 11 is 0. The first-order valence-corrected chi connectivity index (χ1v) is 10.9. The summed E-state index contributed by atoms with van der Waals surface area (Å²) in [4.78, 5) is 43.0. The normalized spacial score (nSPS) is 21.1. The first-order valence-electron chi connectivity index (χ1n) is 10.9. The molecular weight excluding hydrogens is 408 g/mol. The average molecular weight is 434 g/mol. The van der Waals surface area contributed by atoms with E-state index in [4.69, 9.17) is 4.74 Å². The van der Waals surface area contributed by atoms with E-state index < -0.39 is 5.97 Å². The smallest absolute Gasteiger partial charge is 0.356 e. The molecule has 8 nitrogen and oxygen atoms in total. The van der Waals surface area contributed by atoms with Crippen LogP contribution in [0.15, 0.2) is 47.3 Å². The lowest BCUT2D eigenvalue weighted by molar-refractivity contribution is -0.121. The van der Waals surface area contributed by atoms with E-state index in [9.17, 15) is 14.4 Å². The fourth-order valence-corrected chi connectivity index (χ4v) is 5.17. The Morgan fingerprint density at radius 1 is 1.12 bits per heavy atom. The predicted octanol–water partition coefficient (Wildman–Crippen LogP) is 2.56. The second-order valence-corrected chi connectivity index (χ2v) is 8.73. The summed E-state index contributed by atoms with van der Waals surface area (Å²) in [6.45, 7) is 4.04. The molecule has 32 heavy (non-hydrogen) atoms. The van der Waals surface area contributed by atoms with Gasteiger partial charge < -0.3 is 19.6 Å².